The zero-order chi connectivity index (χ0) is 13.0. The van der Waals surface area contributed by atoms with E-state index >= 15 is 0 Å². The largest absolute Gasteiger partial charge is 0.423 e. The molecular weight excluding hydrogens is 240 g/mol. The van der Waals surface area contributed by atoms with Gasteiger partial charge in [-0.25, -0.2) is 0 Å². The van der Waals surface area contributed by atoms with Crippen molar-refractivity contribution in [3.8, 4) is 0 Å². The molecule has 8 heteroatoms. The van der Waals surface area contributed by atoms with E-state index in [1.807, 2.05) is 0 Å². The second kappa shape index (κ2) is 5.72. The summed E-state index contributed by atoms with van der Waals surface area (Å²) in [5.74, 6) is 0. The quantitative estimate of drug-likeness (QED) is 0.760. The first kappa shape index (κ1) is 15.5. The van der Waals surface area contributed by atoms with E-state index in [2.05, 4.69) is 10.1 Å². The Morgan fingerprint density at radius 1 is 1.06 bits per heavy atom. The van der Waals surface area contributed by atoms with Crippen LogP contribution in [0.25, 0.3) is 0 Å². The van der Waals surface area contributed by atoms with Gasteiger partial charge in [0.15, 0.2) is 0 Å². The smallest absolute Gasteiger partial charge is 0.361 e. The molecule has 0 aromatic heterocycles. The maximum absolute atomic E-state index is 12.0. The Bertz CT molecular complexity index is 188. The van der Waals surface area contributed by atoms with E-state index in [1.54, 1.807) is 14.0 Å². The van der Waals surface area contributed by atoms with Crippen LogP contribution in [0.15, 0.2) is 0 Å². The van der Waals surface area contributed by atoms with E-state index < -0.39 is 25.1 Å². The Morgan fingerprint density at radius 3 is 1.81 bits per heavy atom. The van der Waals surface area contributed by atoms with E-state index in [9.17, 15) is 26.3 Å². The molecule has 98 valence electrons. The summed E-state index contributed by atoms with van der Waals surface area (Å²) in [5.41, 5.74) is 0. The molecule has 0 heterocycles. The molecule has 0 fully saturated rings. The van der Waals surface area contributed by atoms with Crippen LogP contribution in [0.5, 0.6) is 0 Å². The van der Waals surface area contributed by atoms with E-state index in [0.29, 0.717) is 0 Å². The fraction of sp³-hybridized carbons (Fsp3) is 1.00. The molecule has 0 aliphatic carbocycles. The van der Waals surface area contributed by atoms with Gasteiger partial charge in [-0.1, -0.05) is 0 Å². The third kappa shape index (κ3) is 5.55. The summed E-state index contributed by atoms with van der Waals surface area (Å²) < 4.78 is 75.6. The lowest BCUT2D eigenvalue weighted by atomic mass is 10.2. The molecule has 0 aromatic rings. The average molecular weight is 253 g/mol. The van der Waals surface area contributed by atoms with Gasteiger partial charge in [0, 0.05) is 12.6 Å². The monoisotopic (exact) mass is 253 g/mol. The molecule has 0 bridgehead atoms. The molecule has 0 saturated heterocycles. The van der Waals surface area contributed by atoms with Gasteiger partial charge in [-0.3, -0.25) is 0 Å². The van der Waals surface area contributed by atoms with Crippen LogP contribution in [-0.2, 0) is 4.74 Å². The summed E-state index contributed by atoms with van der Waals surface area (Å²) in [5, 5.41) is 2.67. The van der Waals surface area contributed by atoms with Crippen LogP contribution < -0.4 is 5.32 Å². The van der Waals surface area contributed by atoms with Gasteiger partial charge in [-0.05, 0) is 20.4 Å². The Hall–Kier alpha value is -0.500. The highest BCUT2D eigenvalue weighted by molar-refractivity contribution is 4.76. The molecule has 2 nitrogen and oxygen atoms in total. The van der Waals surface area contributed by atoms with E-state index in [1.165, 1.54) is 0 Å². The van der Waals surface area contributed by atoms with Gasteiger partial charge in [0.05, 0.1) is 0 Å². The number of alkyl halides is 6. The average Bonchev–Trinajstić information content (AvgIpc) is 2.07. The number of rotatable bonds is 5. The van der Waals surface area contributed by atoms with Crippen molar-refractivity contribution in [1.82, 2.24) is 5.32 Å². The first-order valence-corrected chi connectivity index (χ1v) is 4.51. The maximum Gasteiger partial charge on any atom is 0.423 e. The number of nitrogens with one attached hydrogen (secondary N) is 1. The van der Waals surface area contributed by atoms with Crippen LogP contribution in [0, 0.1) is 0 Å². The van der Waals surface area contributed by atoms with Gasteiger partial charge in [0.1, 0.15) is 0 Å². The Kier molecular flexibility index (Phi) is 5.54. The lowest BCUT2D eigenvalue weighted by Gasteiger charge is -2.23. The van der Waals surface area contributed by atoms with Crippen molar-refractivity contribution in [3.05, 3.63) is 0 Å². The van der Waals surface area contributed by atoms with Crippen LogP contribution in [-0.4, -0.2) is 38.2 Å². The van der Waals surface area contributed by atoms with Crippen LogP contribution in [0.2, 0.25) is 0 Å². The number of halogens is 6. The second-order valence-corrected chi connectivity index (χ2v) is 3.31. The standard InChI is InChI=1S/C8H13F6NO/c1-5(15-2)3-4-16-6(7(9,10)11)8(12,13)14/h5-6,15H,3-4H2,1-2H3. The first-order chi connectivity index (χ1) is 7.09. The Labute approximate surface area is 89.0 Å². The maximum atomic E-state index is 12.0. The Balaban J connectivity index is 4.26. The molecule has 0 aliphatic heterocycles. The highest BCUT2D eigenvalue weighted by Crippen LogP contribution is 2.35. The van der Waals surface area contributed by atoms with Gasteiger partial charge in [-0.15, -0.1) is 0 Å². The molecular formula is C8H13F6NO. The molecule has 0 amide bonds. The topological polar surface area (TPSA) is 21.3 Å². The summed E-state index contributed by atoms with van der Waals surface area (Å²) >= 11 is 0. The minimum atomic E-state index is -5.43. The van der Waals surface area contributed by atoms with Gasteiger partial charge < -0.3 is 10.1 Å². The van der Waals surface area contributed by atoms with Gasteiger partial charge >= 0.3 is 12.4 Å². The first-order valence-electron chi connectivity index (χ1n) is 4.51. The number of hydrogen-bond acceptors (Lipinski definition) is 2. The predicted octanol–water partition coefficient (Wildman–Crippen LogP) is 2.49. The number of hydrogen-bond donors (Lipinski definition) is 1. The van der Waals surface area contributed by atoms with Crippen LogP contribution in [0.3, 0.4) is 0 Å². The molecule has 1 atom stereocenters. The lowest BCUT2D eigenvalue weighted by Crippen LogP contribution is -2.44. The van der Waals surface area contributed by atoms with Crippen LogP contribution in [0.1, 0.15) is 13.3 Å². The highest BCUT2D eigenvalue weighted by Gasteiger charge is 2.57. The molecule has 0 radical (unpaired) electrons. The van der Waals surface area contributed by atoms with Crippen LogP contribution in [0.4, 0.5) is 26.3 Å². The van der Waals surface area contributed by atoms with E-state index in [0.717, 1.165) is 0 Å². The summed E-state index contributed by atoms with van der Waals surface area (Å²) in [7, 11) is 1.55. The third-order valence-electron chi connectivity index (χ3n) is 1.92. The molecule has 0 spiro atoms. The highest BCUT2D eigenvalue weighted by atomic mass is 19.4. The van der Waals surface area contributed by atoms with Gasteiger partial charge in [-0.2, -0.15) is 26.3 Å². The molecule has 1 unspecified atom stereocenters. The summed E-state index contributed by atoms with van der Waals surface area (Å²) in [4.78, 5) is 0. The second-order valence-electron chi connectivity index (χ2n) is 3.31. The molecule has 1 N–H and O–H groups in total. The normalized spacial score (nSPS) is 15.6. The van der Waals surface area contributed by atoms with Crippen molar-refractivity contribution < 1.29 is 31.1 Å². The summed E-state index contributed by atoms with van der Waals surface area (Å²) in [6.45, 7) is 1.02. The minimum absolute atomic E-state index is 0.0686. The lowest BCUT2D eigenvalue weighted by molar-refractivity contribution is -0.322. The zero-order valence-electron chi connectivity index (χ0n) is 8.74. The third-order valence-corrected chi connectivity index (χ3v) is 1.92. The van der Waals surface area contributed by atoms with Crippen molar-refractivity contribution in [3.63, 3.8) is 0 Å². The van der Waals surface area contributed by atoms with Crippen molar-refractivity contribution in [2.75, 3.05) is 13.7 Å². The molecule has 0 rings (SSSR count). The fourth-order valence-electron chi connectivity index (χ4n) is 0.882. The molecule has 0 aliphatic rings. The van der Waals surface area contributed by atoms with Crippen molar-refractivity contribution in [2.24, 2.45) is 0 Å². The van der Waals surface area contributed by atoms with Crippen molar-refractivity contribution in [2.45, 2.75) is 37.8 Å². The predicted molar refractivity (Wildman–Crippen MR) is 45.0 cm³/mol. The zero-order valence-corrected chi connectivity index (χ0v) is 8.74. The van der Waals surface area contributed by atoms with Crippen molar-refractivity contribution >= 4 is 0 Å². The molecule has 16 heavy (non-hydrogen) atoms. The fourth-order valence-corrected chi connectivity index (χ4v) is 0.882. The van der Waals surface area contributed by atoms with E-state index in [-0.39, 0.29) is 12.5 Å². The summed E-state index contributed by atoms with van der Waals surface area (Å²) in [6, 6.07) is -0.206. The minimum Gasteiger partial charge on any atom is -0.361 e. The molecule has 0 aromatic carbocycles. The summed E-state index contributed by atoms with van der Waals surface area (Å²) in [6.07, 6.45) is -14.5. The molecule has 0 saturated carbocycles. The number of ether oxygens (including phenoxy) is 1. The Morgan fingerprint density at radius 2 is 1.50 bits per heavy atom. The van der Waals surface area contributed by atoms with Crippen LogP contribution >= 0.6 is 0 Å². The van der Waals surface area contributed by atoms with Crippen molar-refractivity contribution in [1.29, 1.82) is 0 Å². The van der Waals surface area contributed by atoms with Gasteiger partial charge in [0.25, 0.3) is 0 Å². The van der Waals surface area contributed by atoms with Gasteiger partial charge in [0.2, 0.25) is 6.10 Å². The SMILES string of the molecule is CNC(C)CCOC(C(F)(F)F)C(F)(F)F. The van der Waals surface area contributed by atoms with E-state index in [4.69, 9.17) is 0 Å².